The monoisotopic (exact) mass is 378 g/mol. The molecule has 2 unspecified atom stereocenters. The van der Waals surface area contributed by atoms with E-state index >= 15 is 0 Å². The maximum atomic E-state index is 12.5. The van der Waals surface area contributed by atoms with Crippen molar-refractivity contribution in [2.45, 2.75) is 41.9 Å². The maximum absolute atomic E-state index is 12.5. The van der Waals surface area contributed by atoms with Crippen molar-refractivity contribution in [2.75, 3.05) is 12.0 Å². The Bertz CT molecular complexity index is 578. The summed E-state index contributed by atoms with van der Waals surface area (Å²) in [4.78, 5) is 0.158. The summed E-state index contributed by atoms with van der Waals surface area (Å²) in [5, 5.41) is 0.343. The van der Waals surface area contributed by atoms with Gasteiger partial charge in [0.05, 0.1) is 5.69 Å². The Labute approximate surface area is 133 Å². The number of benzene rings is 1. The van der Waals surface area contributed by atoms with Gasteiger partial charge in [0.2, 0.25) is 10.0 Å². The van der Waals surface area contributed by atoms with Crippen LogP contribution in [0.1, 0.15) is 25.7 Å². The summed E-state index contributed by atoms with van der Waals surface area (Å²) in [7, 11) is -3.56. The molecule has 0 heterocycles. The molecule has 0 saturated heterocycles. The van der Waals surface area contributed by atoms with E-state index in [-0.39, 0.29) is 16.6 Å². The molecule has 1 aliphatic rings. The molecule has 20 heavy (non-hydrogen) atoms. The fourth-order valence-corrected chi connectivity index (χ4v) is 5.36. The van der Waals surface area contributed by atoms with E-state index in [1.54, 1.807) is 30.0 Å². The van der Waals surface area contributed by atoms with Crippen molar-refractivity contribution in [1.82, 2.24) is 4.72 Å². The van der Waals surface area contributed by atoms with E-state index in [0.29, 0.717) is 5.25 Å². The molecule has 2 atom stereocenters. The lowest BCUT2D eigenvalue weighted by Gasteiger charge is -2.30. The number of sulfonamides is 1. The van der Waals surface area contributed by atoms with Gasteiger partial charge in [0, 0.05) is 15.8 Å². The minimum atomic E-state index is -3.56. The average Bonchev–Trinajstić information content (AvgIpc) is 2.38. The molecule has 1 aromatic rings. The second kappa shape index (κ2) is 6.68. The molecule has 2 rings (SSSR count). The molecule has 0 amide bonds. The number of anilines is 1. The Morgan fingerprint density at radius 1 is 1.35 bits per heavy atom. The van der Waals surface area contributed by atoms with Crippen LogP contribution in [0.15, 0.2) is 27.6 Å². The molecule has 1 aromatic carbocycles. The summed E-state index contributed by atoms with van der Waals surface area (Å²) in [6, 6.07) is 4.84. The molecule has 0 radical (unpaired) electrons. The van der Waals surface area contributed by atoms with E-state index in [2.05, 4.69) is 20.7 Å². The Hall–Kier alpha value is -0.240. The van der Waals surface area contributed by atoms with Crippen molar-refractivity contribution < 1.29 is 8.42 Å². The SMILES string of the molecule is CSC1CCCCC1NS(=O)(=O)c1ccc(Br)cc1N. The van der Waals surface area contributed by atoms with Gasteiger partial charge in [-0.1, -0.05) is 28.8 Å². The molecule has 4 nitrogen and oxygen atoms in total. The topological polar surface area (TPSA) is 72.2 Å². The number of thioether (sulfide) groups is 1. The van der Waals surface area contributed by atoms with Crippen LogP contribution in [-0.4, -0.2) is 26.0 Å². The molecule has 1 saturated carbocycles. The van der Waals surface area contributed by atoms with E-state index in [1.807, 2.05) is 6.26 Å². The molecular formula is C13H19BrN2O2S2. The third-order valence-electron chi connectivity index (χ3n) is 3.57. The van der Waals surface area contributed by atoms with Gasteiger partial charge in [-0.2, -0.15) is 11.8 Å². The van der Waals surface area contributed by atoms with Gasteiger partial charge in [-0.25, -0.2) is 13.1 Å². The number of rotatable bonds is 4. The van der Waals surface area contributed by atoms with E-state index in [9.17, 15) is 8.42 Å². The lowest BCUT2D eigenvalue weighted by atomic mass is 9.96. The zero-order chi connectivity index (χ0) is 14.8. The van der Waals surface area contributed by atoms with E-state index in [1.165, 1.54) is 6.42 Å². The molecule has 3 N–H and O–H groups in total. The predicted octanol–water partition coefficient (Wildman–Crippen LogP) is 2.98. The van der Waals surface area contributed by atoms with Gasteiger partial charge in [0.25, 0.3) is 0 Å². The molecule has 112 valence electrons. The number of hydrogen-bond donors (Lipinski definition) is 2. The van der Waals surface area contributed by atoms with E-state index in [0.717, 1.165) is 23.7 Å². The number of halogens is 1. The van der Waals surface area contributed by atoms with Crippen molar-refractivity contribution in [3.05, 3.63) is 22.7 Å². The molecule has 0 aromatic heterocycles. The van der Waals surface area contributed by atoms with Crippen molar-refractivity contribution in [1.29, 1.82) is 0 Å². The highest BCUT2D eigenvalue weighted by Gasteiger charge is 2.29. The first-order valence-electron chi connectivity index (χ1n) is 6.54. The largest absolute Gasteiger partial charge is 0.398 e. The molecular weight excluding hydrogens is 360 g/mol. The summed E-state index contributed by atoms with van der Waals surface area (Å²) in [6.07, 6.45) is 6.22. The van der Waals surface area contributed by atoms with Gasteiger partial charge in [-0.3, -0.25) is 0 Å². The fraction of sp³-hybridized carbons (Fsp3) is 0.538. The van der Waals surface area contributed by atoms with Gasteiger partial charge in [0.15, 0.2) is 0 Å². The minimum absolute atomic E-state index is 0.00760. The van der Waals surface area contributed by atoms with Crippen molar-refractivity contribution >= 4 is 43.4 Å². The summed E-state index contributed by atoms with van der Waals surface area (Å²) in [5.41, 5.74) is 6.09. The van der Waals surface area contributed by atoms with Crippen LogP contribution in [0.5, 0.6) is 0 Å². The van der Waals surface area contributed by atoms with Crippen molar-refractivity contribution in [2.24, 2.45) is 0 Å². The first kappa shape index (κ1) is 16.1. The van der Waals surface area contributed by atoms with Crippen LogP contribution in [-0.2, 0) is 10.0 Å². The number of hydrogen-bond acceptors (Lipinski definition) is 4. The van der Waals surface area contributed by atoms with Crippen LogP contribution in [0, 0.1) is 0 Å². The third-order valence-corrected chi connectivity index (χ3v) is 6.80. The van der Waals surface area contributed by atoms with Crippen LogP contribution >= 0.6 is 27.7 Å². The zero-order valence-electron chi connectivity index (χ0n) is 11.3. The smallest absolute Gasteiger partial charge is 0.242 e. The summed E-state index contributed by atoms with van der Waals surface area (Å²) < 4.78 is 28.6. The summed E-state index contributed by atoms with van der Waals surface area (Å²) >= 11 is 5.01. The highest BCUT2D eigenvalue weighted by atomic mass is 79.9. The number of nitrogens with one attached hydrogen (secondary N) is 1. The lowest BCUT2D eigenvalue weighted by molar-refractivity contribution is 0.423. The van der Waals surface area contributed by atoms with Crippen LogP contribution < -0.4 is 10.5 Å². The van der Waals surface area contributed by atoms with Gasteiger partial charge < -0.3 is 5.73 Å². The number of nitrogen functional groups attached to an aromatic ring is 1. The van der Waals surface area contributed by atoms with Gasteiger partial charge in [-0.15, -0.1) is 0 Å². The normalized spacial score (nSPS) is 23.7. The van der Waals surface area contributed by atoms with Crippen LogP contribution in [0.3, 0.4) is 0 Å². The third kappa shape index (κ3) is 3.69. The van der Waals surface area contributed by atoms with Crippen LogP contribution in [0.25, 0.3) is 0 Å². The van der Waals surface area contributed by atoms with E-state index in [4.69, 9.17) is 5.73 Å². The first-order valence-corrected chi connectivity index (χ1v) is 10.1. The van der Waals surface area contributed by atoms with Crippen LogP contribution in [0.2, 0.25) is 0 Å². The van der Waals surface area contributed by atoms with E-state index < -0.39 is 10.0 Å². The maximum Gasteiger partial charge on any atom is 0.242 e. The Morgan fingerprint density at radius 3 is 2.70 bits per heavy atom. The Balaban J connectivity index is 2.22. The van der Waals surface area contributed by atoms with Crippen molar-refractivity contribution in [3.8, 4) is 0 Å². The standard InChI is InChI=1S/C13H19BrN2O2S2/c1-19-12-5-3-2-4-11(12)16-20(17,18)13-7-6-9(14)8-10(13)15/h6-8,11-12,16H,2-5,15H2,1H3. The highest BCUT2D eigenvalue weighted by molar-refractivity contribution is 9.10. The summed E-state index contributed by atoms with van der Waals surface area (Å²) in [5.74, 6) is 0. The Morgan fingerprint density at radius 2 is 2.05 bits per heavy atom. The van der Waals surface area contributed by atoms with Gasteiger partial charge in [0.1, 0.15) is 4.90 Å². The van der Waals surface area contributed by atoms with Crippen molar-refractivity contribution in [3.63, 3.8) is 0 Å². The lowest BCUT2D eigenvalue weighted by Crippen LogP contribution is -2.43. The molecule has 0 aliphatic heterocycles. The predicted molar refractivity (Wildman–Crippen MR) is 88.4 cm³/mol. The first-order chi connectivity index (χ1) is 9.44. The second-order valence-corrected chi connectivity index (χ2v) is 8.64. The van der Waals surface area contributed by atoms with Gasteiger partial charge in [-0.05, 0) is 37.3 Å². The van der Waals surface area contributed by atoms with Gasteiger partial charge >= 0.3 is 0 Å². The molecule has 0 spiro atoms. The molecule has 7 heteroatoms. The van der Waals surface area contributed by atoms with Crippen LogP contribution in [0.4, 0.5) is 5.69 Å². The zero-order valence-corrected chi connectivity index (χ0v) is 14.5. The minimum Gasteiger partial charge on any atom is -0.398 e. The quantitative estimate of drug-likeness (QED) is 0.789. The molecule has 0 bridgehead atoms. The average molecular weight is 379 g/mol. The Kier molecular flexibility index (Phi) is 5.39. The number of nitrogens with two attached hydrogens (primary N) is 1. The fourth-order valence-electron chi connectivity index (χ4n) is 2.54. The molecule has 1 fully saturated rings. The summed E-state index contributed by atoms with van der Waals surface area (Å²) in [6.45, 7) is 0. The second-order valence-electron chi connectivity index (χ2n) is 4.97. The molecule has 1 aliphatic carbocycles. The highest BCUT2D eigenvalue weighted by Crippen LogP contribution is 2.29.